The van der Waals surface area contributed by atoms with Crippen molar-refractivity contribution < 1.29 is 24.6 Å². The highest BCUT2D eigenvalue weighted by atomic mass is 16.4. The molecular formula is C12H14N2O5. The number of likely N-dealkylation sites (N-methyl/N-ethyl adjacent to an activating group) is 1. The molecule has 0 radical (unpaired) electrons. The lowest BCUT2D eigenvalue weighted by Crippen LogP contribution is -2.33. The first kappa shape index (κ1) is 14.5. The number of aromatic hydroxyl groups is 1. The van der Waals surface area contributed by atoms with Crippen LogP contribution in [0.2, 0.25) is 0 Å². The maximum absolute atomic E-state index is 11.6. The predicted octanol–water partition coefficient (Wildman–Crippen LogP) is 0.507. The molecule has 1 aromatic rings. The molecule has 0 atom stereocenters. The van der Waals surface area contributed by atoms with E-state index in [1.807, 2.05) is 0 Å². The van der Waals surface area contributed by atoms with Crippen molar-refractivity contribution in [1.82, 2.24) is 4.90 Å². The van der Waals surface area contributed by atoms with E-state index in [0.717, 1.165) is 6.07 Å². The zero-order chi connectivity index (χ0) is 14.6. The van der Waals surface area contributed by atoms with Gasteiger partial charge >= 0.3 is 5.97 Å². The van der Waals surface area contributed by atoms with Crippen LogP contribution < -0.4 is 5.32 Å². The summed E-state index contributed by atoms with van der Waals surface area (Å²) in [6, 6.07) is 3.58. The SMILES string of the molecule is CC(=O)N(C)CC(=O)Nc1ccc(O)cc1C(=O)O. The van der Waals surface area contributed by atoms with Crippen molar-refractivity contribution in [3.8, 4) is 5.75 Å². The summed E-state index contributed by atoms with van der Waals surface area (Å²) in [5.41, 5.74) is -0.161. The van der Waals surface area contributed by atoms with Crippen LogP contribution in [-0.4, -0.2) is 46.5 Å². The Hall–Kier alpha value is -2.57. The van der Waals surface area contributed by atoms with Gasteiger partial charge < -0.3 is 20.4 Å². The van der Waals surface area contributed by atoms with Gasteiger partial charge in [0, 0.05) is 14.0 Å². The average molecular weight is 266 g/mol. The zero-order valence-corrected chi connectivity index (χ0v) is 10.5. The molecule has 7 heteroatoms. The molecule has 0 aliphatic carbocycles. The molecular weight excluding hydrogens is 252 g/mol. The van der Waals surface area contributed by atoms with Crippen LogP contribution in [0.4, 0.5) is 5.69 Å². The number of carbonyl (C=O) groups is 3. The number of nitrogens with zero attached hydrogens (tertiary/aromatic N) is 1. The lowest BCUT2D eigenvalue weighted by Gasteiger charge is -2.15. The van der Waals surface area contributed by atoms with Gasteiger partial charge in [-0.2, -0.15) is 0 Å². The molecule has 0 aliphatic heterocycles. The minimum Gasteiger partial charge on any atom is -0.508 e. The van der Waals surface area contributed by atoms with E-state index in [4.69, 9.17) is 5.11 Å². The van der Waals surface area contributed by atoms with Crippen molar-refractivity contribution >= 4 is 23.5 Å². The molecule has 0 heterocycles. The Balaban J connectivity index is 2.85. The van der Waals surface area contributed by atoms with Crippen molar-refractivity contribution in [3.05, 3.63) is 23.8 Å². The number of rotatable bonds is 4. The van der Waals surface area contributed by atoms with Gasteiger partial charge in [-0.15, -0.1) is 0 Å². The summed E-state index contributed by atoms with van der Waals surface area (Å²) in [4.78, 5) is 34.7. The number of phenolic OH excluding ortho intramolecular Hbond substituents is 1. The second-order valence-corrected chi connectivity index (χ2v) is 3.96. The average Bonchev–Trinajstić information content (AvgIpc) is 2.30. The molecule has 1 rings (SSSR count). The number of hydrogen-bond donors (Lipinski definition) is 3. The van der Waals surface area contributed by atoms with Gasteiger partial charge in [-0.05, 0) is 18.2 Å². The molecule has 0 saturated heterocycles. The molecule has 0 aromatic heterocycles. The Morgan fingerprint density at radius 1 is 1.32 bits per heavy atom. The summed E-state index contributed by atoms with van der Waals surface area (Å²) < 4.78 is 0. The first-order valence-corrected chi connectivity index (χ1v) is 5.39. The third kappa shape index (κ3) is 3.98. The van der Waals surface area contributed by atoms with E-state index in [9.17, 15) is 19.5 Å². The van der Waals surface area contributed by atoms with Crippen LogP contribution in [-0.2, 0) is 9.59 Å². The fraction of sp³-hybridized carbons (Fsp3) is 0.250. The minimum atomic E-state index is -1.27. The van der Waals surface area contributed by atoms with Gasteiger partial charge in [-0.3, -0.25) is 9.59 Å². The van der Waals surface area contributed by atoms with Gasteiger partial charge in [0.25, 0.3) is 0 Å². The van der Waals surface area contributed by atoms with E-state index in [2.05, 4.69) is 5.32 Å². The van der Waals surface area contributed by atoms with Crippen LogP contribution in [0.5, 0.6) is 5.75 Å². The van der Waals surface area contributed by atoms with E-state index in [1.54, 1.807) is 0 Å². The summed E-state index contributed by atoms with van der Waals surface area (Å²) in [7, 11) is 1.46. The van der Waals surface area contributed by atoms with Gasteiger partial charge in [0.15, 0.2) is 0 Å². The van der Waals surface area contributed by atoms with E-state index in [-0.39, 0.29) is 29.5 Å². The summed E-state index contributed by atoms with van der Waals surface area (Å²) in [6.45, 7) is 1.13. The van der Waals surface area contributed by atoms with Crippen LogP contribution in [0, 0.1) is 0 Å². The van der Waals surface area contributed by atoms with E-state index >= 15 is 0 Å². The van der Waals surface area contributed by atoms with Crippen molar-refractivity contribution in [3.63, 3.8) is 0 Å². The smallest absolute Gasteiger partial charge is 0.337 e. The summed E-state index contributed by atoms with van der Waals surface area (Å²) in [5, 5.41) is 20.5. The Labute approximate surface area is 109 Å². The third-order valence-corrected chi connectivity index (χ3v) is 2.43. The Kier molecular flexibility index (Phi) is 4.46. The highest BCUT2D eigenvalue weighted by molar-refractivity contribution is 6.01. The lowest BCUT2D eigenvalue weighted by molar-refractivity contribution is -0.131. The number of aromatic carboxylic acids is 1. The van der Waals surface area contributed by atoms with Crippen LogP contribution >= 0.6 is 0 Å². The predicted molar refractivity (Wildman–Crippen MR) is 67.0 cm³/mol. The monoisotopic (exact) mass is 266 g/mol. The Morgan fingerprint density at radius 3 is 2.47 bits per heavy atom. The fourth-order valence-corrected chi connectivity index (χ4v) is 1.33. The van der Waals surface area contributed by atoms with Crippen LogP contribution in [0.25, 0.3) is 0 Å². The van der Waals surface area contributed by atoms with E-state index in [0.29, 0.717) is 0 Å². The molecule has 0 aliphatic rings. The van der Waals surface area contributed by atoms with Gasteiger partial charge in [-0.25, -0.2) is 4.79 Å². The number of amides is 2. The maximum atomic E-state index is 11.6. The van der Waals surface area contributed by atoms with Crippen LogP contribution in [0.3, 0.4) is 0 Å². The minimum absolute atomic E-state index is 0.0623. The highest BCUT2D eigenvalue weighted by Crippen LogP contribution is 2.21. The number of carboxylic acids is 1. The van der Waals surface area contributed by atoms with Crippen LogP contribution in [0.15, 0.2) is 18.2 Å². The van der Waals surface area contributed by atoms with Crippen molar-refractivity contribution in [2.45, 2.75) is 6.92 Å². The number of carbonyl (C=O) groups excluding carboxylic acids is 2. The number of hydrogen-bond acceptors (Lipinski definition) is 4. The molecule has 0 saturated carbocycles. The van der Waals surface area contributed by atoms with E-state index in [1.165, 1.54) is 31.0 Å². The molecule has 1 aromatic carbocycles. The quantitative estimate of drug-likeness (QED) is 0.688. The number of carboxylic acid groups (broad SMARTS) is 1. The van der Waals surface area contributed by atoms with Crippen molar-refractivity contribution in [2.24, 2.45) is 0 Å². The molecule has 0 fully saturated rings. The number of anilines is 1. The van der Waals surface area contributed by atoms with Crippen LogP contribution in [0.1, 0.15) is 17.3 Å². The third-order valence-electron chi connectivity index (χ3n) is 2.43. The number of nitrogens with one attached hydrogen (secondary N) is 1. The maximum Gasteiger partial charge on any atom is 0.337 e. The second-order valence-electron chi connectivity index (χ2n) is 3.96. The number of phenols is 1. The standard InChI is InChI=1S/C12H14N2O5/c1-7(15)14(2)6-11(17)13-10-4-3-8(16)5-9(10)12(18)19/h3-5,16H,6H2,1-2H3,(H,13,17)(H,18,19). The summed E-state index contributed by atoms with van der Waals surface area (Å²) in [6.07, 6.45) is 0. The van der Waals surface area contributed by atoms with Gasteiger partial charge in [-0.1, -0.05) is 0 Å². The topological polar surface area (TPSA) is 107 Å². The normalized spacial score (nSPS) is 9.79. The second kappa shape index (κ2) is 5.85. The molecule has 0 unspecified atom stereocenters. The summed E-state index contributed by atoms with van der Waals surface area (Å²) in [5.74, 6) is -2.28. The zero-order valence-electron chi connectivity index (χ0n) is 10.5. The Bertz CT molecular complexity index is 527. The largest absolute Gasteiger partial charge is 0.508 e. The molecule has 7 nitrogen and oxygen atoms in total. The van der Waals surface area contributed by atoms with Gasteiger partial charge in [0.2, 0.25) is 11.8 Å². The highest BCUT2D eigenvalue weighted by Gasteiger charge is 2.15. The number of benzene rings is 1. The molecule has 0 spiro atoms. The van der Waals surface area contributed by atoms with E-state index < -0.39 is 11.9 Å². The first-order valence-electron chi connectivity index (χ1n) is 5.39. The molecule has 3 N–H and O–H groups in total. The molecule has 2 amide bonds. The Morgan fingerprint density at radius 2 is 1.95 bits per heavy atom. The molecule has 19 heavy (non-hydrogen) atoms. The van der Waals surface area contributed by atoms with Crippen molar-refractivity contribution in [1.29, 1.82) is 0 Å². The molecule has 102 valence electrons. The lowest BCUT2D eigenvalue weighted by atomic mass is 10.1. The van der Waals surface area contributed by atoms with Gasteiger partial charge in [0.1, 0.15) is 5.75 Å². The first-order chi connectivity index (χ1) is 8.81. The fourth-order valence-electron chi connectivity index (χ4n) is 1.33. The van der Waals surface area contributed by atoms with Gasteiger partial charge in [0.05, 0.1) is 17.8 Å². The van der Waals surface area contributed by atoms with Crippen molar-refractivity contribution in [2.75, 3.05) is 18.9 Å². The summed E-state index contributed by atoms with van der Waals surface area (Å²) >= 11 is 0. The molecule has 0 bridgehead atoms.